The van der Waals surface area contributed by atoms with Crippen LogP contribution < -0.4 is 16.0 Å². The number of hydrogen-bond acceptors (Lipinski definition) is 10. The second kappa shape index (κ2) is 16.0. The maximum atomic E-state index is 12.7. The highest BCUT2D eigenvalue weighted by atomic mass is 16.5. The number of carbonyl (C=O) groups excluding carboxylic acids is 3. The van der Waals surface area contributed by atoms with Crippen LogP contribution in [-0.4, -0.2) is 66.5 Å². The van der Waals surface area contributed by atoms with Crippen LogP contribution in [0.3, 0.4) is 0 Å². The molecule has 0 spiro atoms. The van der Waals surface area contributed by atoms with Gasteiger partial charge in [0.1, 0.15) is 12.4 Å². The van der Waals surface area contributed by atoms with Crippen LogP contribution in [-0.2, 0) is 28.1 Å². The Hall–Kier alpha value is -6.21. The quantitative estimate of drug-likeness (QED) is 0.125. The van der Waals surface area contributed by atoms with Gasteiger partial charge in [-0.3, -0.25) is 24.6 Å². The number of fused-ring (bicyclic) bond motifs is 1. The van der Waals surface area contributed by atoms with Crippen molar-refractivity contribution in [3.63, 3.8) is 0 Å². The van der Waals surface area contributed by atoms with E-state index in [-0.39, 0.29) is 35.0 Å². The summed E-state index contributed by atoms with van der Waals surface area (Å²) in [5.74, 6) is 0.106. The molecule has 13 heteroatoms. The van der Waals surface area contributed by atoms with Crippen LogP contribution in [0.1, 0.15) is 96.7 Å². The minimum atomic E-state index is -0.381. The summed E-state index contributed by atoms with van der Waals surface area (Å²) >= 11 is 0. The molecule has 8 rings (SSSR count). The number of carbonyl (C=O) groups is 3. The summed E-state index contributed by atoms with van der Waals surface area (Å²) in [5.41, 5.74) is 11.3. The third kappa shape index (κ3) is 8.40. The van der Waals surface area contributed by atoms with Crippen molar-refractivity contribution in [3.8, 4) is 22.4 Å². The molecular formula is C45H49N9O4. The molecule has 1 atom stereocenters. The van der Waals surface area contributed by atoms with Crippen molar-refractivity contribution >= 4 is 28.9 Å². The lowest BCUT2D eigenvalue weighted by Crippen LogP contribution is -2.47. The Kier molecular flexibility index (Phi) is 10.6. The second-order valence-corrected chi connectivity index (χ2v) is 16.6. The fraction of sp³-hybridized carbons (Fsp3) is 0.356. The molecule has 0 saturated carbocycles. The summed E-state index contributed by atoms with van der Waals surface area (Å²) in [6.45, 7) is 13.4. The van der Waals surface area contributed by atoms with Crippen LogP contribution in [0.4, 0.5) is 5.69 Å². The zero-order valence-electron chi connectivity index (χ0n) is 33.6. The lowest BCUT2D eigenvalue weighted by Gasteiger charge is -2.32. The summed E-state index contributed by atoms with van der Waals surface area (Å²) in [6, 6.07) is 23.1. The number of benzene rings is 3. The number of anilines is 1. The minimum Gasteiger partial charge on any atom is -0.374 e. The Morgan fingerprint density at radius 2 is 1.72 bits per heavy atom. The molecule has 58 heavy (non-hydrogen) atoms. The van der Waals surface area contributed by atoms with E-state index in [1.807, 2.05) is 56.5 Å². The monoisotopic (exact) mass is 779 g/mol. The number of piperidine rings is 2. The van der Waals surface area contributed by atoms with Gasteiger partial charge in [0.15, 0.2) is 0 Å². The summed E-state index contributed by atoms with van der Waals surface area (Å²) in [6.07, 6.45) is 6.71. The summed E-state index contributed by atoms with van der Waals surface area (Å²) < 4.78 is 7.17. The molecule has 0 radical (unpaired) electrons. The predicted octanol–water partition coefficient (Wildman–Crippen LogP) is 6.89. The van der Waals surface area contributed by atoms with Crippen molar-refractivity contribution in [2.75, 3.05) is 18.4 Å². The zero-order chi connectivity index (χ0) is 40.6. The highest BCUT2D eigenvalue weighted by Crippen LogP contribution is 2.33. The molecule has 1 unspecified atom stereocenters. The summed E-state index contributed by atoms with van der Waals surface area (Å²) in [4.78, 5) is 47.8. The number of aryl methyl sites for hydroxylation is 2. The molecule has 2 aliphatic rings. The van der Waals surface area contributed by atoms with Crippen molar-refractivity contribution in [1.29, 1.82) is 0 Å². The first-order valence-electron chi connectivity index (χ1n) is 20.0. The van der Waals surface area contributed by atoms with Gasteiger partial charge in [0.25, 0.3) is 11.7 Å². The molecular weight excluding hydrogens is 731 g/mol. The third-order valence-electron chi connectivity index (χ3n) is 11.3. The summed E-state index contributed by atoms with van der Waals surface area (Å²) in [5, 5.41) is 17.0. The fourth-order valence-corrected chi connectivity index (χ4v) is 7.93. The molecule has 6 aromatic rings. The maximum Gasteiger partial charge on any atom is 0.292 e. The van der Waals surface area contributed by atoms with Gasteiger partial charge in [-0.15, -0.1) is 0 Å². The SMILES string of the molecule is Cc1cc(-c2ncnn3cc(-c4ccc(CN5CCC(c6ccc(NC7CCC(=O)NC7=O)cc6)CC5)cc4C)cc23)ccc1CNC(=O)c1noc(C(C)(C)C)n1. The number of nitrogens with zero attached hydrogens (tertiary/aromatic N) is 6. The van der Waals surface area contributed by atoms with E-state index in [0.29, 0.717) is 31.2 Å². The number of imide groups is 1. The van der Waals surface area contributed by atoms with Gasteiger partial charge < -0.3 is 15.2 Å². The molecule has 2 saturated heterocycles. The minimum absolute atomic E-state index is 0.0250. The van der Waals surface area contributed by atoms with Gasteiger partial charge in [-0.1, -0.05) is 68.4 Å². The largest absolute Gasteiger partial charge is 0.374 e. The van der Waals surface area contributed by atoms with E-state index >= 15 is 0 Å². The van der Waals surface area contributed by atoms with Crippen molar-refractivity contribution < 1.29 is 18.9 Å². The van der Waals surface area contributed by atoms with Gasteiger partial charge >= 0.3 is 0 Å². The van der Waals surface area contributed by atoms with E-state index in [0.717, 1.165) is 77.2 Å². The Morgan fingerprint density at radius 1 is 0.931 bits per heavy atom. The van der Waals surface area contributed by atoms with Crippen molar-refractivity contribution in [1.82, 2.24) is 40.3 Å². The van der Waals surface area contributed by atoms with Crippen LogP contribution in [0.25, 0.3) is 27.9 Å². The van der Waals surface area contributed by atoms with E-state index in [4.69, 9.17) is 4.52 Å². The molecule has 3 N–H and O–H groups in total. The van der Waals surface area contributed by atoms with E-state index in [9.17, 15) is 14.4 Å². The summed E-state index contributed by atoms with van der Waals surface area (Å²) in [7, 11) is 0. The van der Waals surface area contributed by atoms with Gasteiger partial charge in [-0.05, 0) is 110 Å². The number of aromatic nitrogens is 5. The molecule has 298 valence electrons. The Bertz CT molecular complexity index is 2490. The van der Waals surface area contributed by atoms with Crippen molar-refractivity contribution in [2.24, 2.45) is 0 Å². The fourth-order valence-electron chi connectivity index (χ4n) is 7.93. The standard InChI is InChI=1S/C45H49N9O4/c1-27-21-32(7-8-33(27)23-46-43(57)41-51-44(58-52-41)45(3,4)5)40-38-22-34(25-54(38)48-26-47-40)36-13-6-29(20-28(36)2)24-53-18-16-31(17-19-53)30-9-11-35(12-10-30)49-37-14-15-39(55)50-42(37)56/h6-13,20-22,25-26,31,37,49H,14-19,23-24H2,1-5H3,(H,46,57)(H,50,55,56). The van der Waals surface area contributed by atoms with Crippen molar-refractivity contribution in [3.05, 3.63) is 119 Å². The molecule has 0 aliphatic carbocycles. The number of likely N-dealkylation sites (tertiary alicyclic amines) is 1. The maximum absolute atomic E-state index is 12.7. The Labute approximate surface area is 337 Å². The molecule has 13 nitrogen and oxygen atoms in total. The van der Waals surface area contributed by atoms with E-state index in [1.54, 1.807) is 6.33 Å². The second-order valence-electron chi connectivity index (χ2n) is 16.6. The topological polar surface area (TPSA) is 160 Å². The van der Waals surface area contributed by atoms with Crippen LogP contribution in [0, 0.1) is 13.8 Å². The number of amides is 3. The molecule has 3 aromatic heterocycles. The first kappa shape index (κ1) is 38.7. The first-order chi connectivity index (χ1) is 27.9. The van der Waals surface area contributed by atoms with E-state index < -0.39 is 0 Å². The first-order valence-corrected chi connectivity index (χ1v) is 20.0. The number of hydrogen-bond donors (Lipinski definition) is 3. The zero-order valence-corrected chi connectivity index (χ0v) is 33.6. The molecule has 0 bridgehead atoms. The molecule has 2 fully saturated rings. The average Bonchev–Trinajstić information content (AvgIpc) is 3.88. The lowest BCUT2D eigenvalue weighted by molar-refractivity contribution is -0.133. The van der Waals surface area contributed by atoms with Crippen molar-refractivity contribution in [2.45, 2.75) is 90.8 Å². The smallest absolute Gasteiger partial charge is 0.292 e. The number of rotatable bonds is 10. The van der Waals surface area contributed by atoms with Crippen LogP contribution in [0.5, 0.6) is 0 Å². The van der Waals surface area contributed by atoms with Gasteiger partial charge in [-0.2, -0.15) is 10.1 Å². The Morgan fingerprint density at radius 3 is 2.43 bits per heavy atom. The van der Waals surface area contributed by atoms with Gasteiger partial charge in [-0.25, -0.2) is 9.50 Å². The van der Waals surface area contributed by atoms with Gasteiger partial charge in [0.2, 0.25) is 17.7 Å². The van der Waals surface area contributed by atoms with Gasteiger partial charge in [0.05, 0.1) is 11.2 Å². The van der Waals surface area contributed by atoms with Crippen LogP contribution in [0.15, 0.2) is 83.8 Å². The predicted molar refractivity (Wildman–Crippen MR) is 221 cm³/mol. The highest BCUT2D eigenvalue weighted by molar-refractivity contribution is 6.01. The Balaban J connectivity index is 0.877. The lowest BCUT2D eigenvalue weighted by atomic mass is 9.89. The van der Waals surface area contributed by atoms with Crippen LogP contribution in [0.2, 0.25) is 0 Å². The molecule has 3 aromatic carbocycles. The van der Waals surface area contributed by atoms with E-state index in [2.05, 4.69) is 96.7 Å². The molecule has 3 amide bonds. The van der Waals surface area contributed by atoms with E-state index in [1.165, 1.54) is 16.7 Å². The number of nitrogens with one attached hydrogen (secondary N) is 3. The third-order valence-corrected chi connectivity index (χ3v) is 11.3. The van der Waals surface area contributed by atoms with Crippen LogP contribution >= 0.6 is 0 Å². The molecule has 5 heterocycles. The highest BCUT2D eigenvalue weighted by Gasteiger charge is 2.27. The molecule has 2 aliphatic heterocycles. The van der Waals surface area contributed by atoms with Gasteiger partial charge in [0, 0.05) is 47.9 Å². The average molecular weight is 780 g/mol. The normalized spacial score (nSPS) is 16.7.